The second-order valence-corrected chi connectivity index (χ2v) is 9.89. The maximum absolute atomic E-state index is 13.1. The molecule has 1 fully saturated rings. The predicted octanol–water partition coefficient (Wildman–Crippen LogP) is 4.36. The van der Waals surface area contributed by atoms with Gasteiger partial charge in [0.15, 0.2) is 0 Å². The number of aryl methyl sites for hydroxylation is 1. The van der Waals surface area contributed by atoms with Gasteiger partial charge in [0.1, 0.15) is 0 Å². The molecule has 0 aromatic heterocycles. The lowest BCUT2D eigenvalue weighted by Gasteiger charge is -2.32. The Labute approximate surface area is 192 Å². The summed E-state index contributed by atoms with van der Waals surface area (Å²) in [4.78, 5) is 12.7. The van der Waals surface area contributed by atoms with Gasteiger partial charge in [-0.1, -0.05) is 30.4 Å². The number of sulfonamides is 1. The van der Waals surface area contributed by atoms with Gasteiger partial charge in [-0.05, 0) is 62.6 Å². The molecule has 0 spiro atoms. The van der Waals surface area contributed by atoms with Crippen molar-refractivity contribution in [2.24, 2.45) is 0 Å². The normalized spacial score (nSPS) is 17.2. The van der Waals surface area contributed by atoms with Crippen LogP contribution in [0.15, 0.2) is 47.4 Å². The summed E-state index contributed by atoms with van der Waals surface area (Å²) in [5, 5.41) is 2.58. The second kappa shape index (κ2) is 9.98. The molecule has 0 aliphatic carbocycles. The highest BCUT2D eigenvalue weighted by Gasteiger charge is 2.32. The number of hydrogen-bond acceptors (Lipinski definition) is 3. The molecule has 176 valence electrons. The lowest BCUT2D eigenvalue weighted by molar-refractivity contribution is -0.137. The first-order valence-corrected chi connectivity index (χ1v) is 12.0. The number of nitrogens with one attached hydrogen (secondary N) is 1. The van der Waals surface area contributed by atoms with Gasteiger partial charge in [0.05, 0.1) is 17.0 Å². The smallest absolute Gasteiger partial charge is 0.341 e. The van der Waals surface area contributed by atoms with Gasteiger partial charge < -0.3 is 5.32 Å². The molecule has 1 N–H and O–H groups in total. The number of amides is 1. The Hall–Kier alpha value is -2.83. The van der Waals surface area contributed by atoms with E-state index in [2.05, 4.69) is 17.2 Å². The maximum atomic E-state index is 13.1. The largest absolute Gasteiger partial charge is 0.416 e. The highest BCUT2D eigenvalue weighted by atomic mass is 32.2. The SMILES string of the molecule is Cc1ccc(S(=O)(=O)N2CCCCC2C)cc1C(=O)NCC#Cc1cccc(C(F)(F)F)c1. The van der Waals surface area contributed by atoms with Crippen molar-refractivity contribution < 1.29 is 26.4 Å². The average Bonchev–Trinajstić information content (AvgIpc) is 2.76. The van der Waals surface area contributed by atoms with Gasteiger partial charge in [-0.15, -0.1) is 0 Å². The minimum absolute atomic E-state index is 0.0575. The molecule has 5 nitrogen and oxygen atoms in total. The first kappa shape index (κ1) is 24.8. The van der Waals surface area contributed by atoms with Crippen LogP contribution in [-0.4, -0.2) is 37.8 Å². The van der Waals surface area contributed by atoms with Crippen molar-refractivity contribution in [3.05, 3.63) is 64.7 Å². The summed E-state index contributed by atoms with van der Waals surface area (Å²) in [5.41, 5.74) is 0.194. The first-order valence-electron chi connectivity index (χ1n) is 10.6. The number of piperidine rings is 1. The van der Waals surface area contributed by atoms with E-state index in [0.717, 1.165) is 31.4 Å². The average molecular weight is 479 g/mol. The highest BCUT2D eigenvalue weighted by Crippen LogP contribution is 2.29. The number of halogens is 3. The molecule has 9 heteroatoms. The first-order chi connectivity index (χ1) is 15.5. The molecule has 1 aliphatic heterocycles. The Morgan fingerprint density at radius 1 is 1.18 bits per heavy atom. The molecule has 33 heavy (non-hydrogen) atoms. The maximum Gasteiger partial charge on any atom is 0.416 e. The van der Waals surface area contributed by atoms with Crippen molar-refractivity contribution in [2.75, 3.05) is 13.1 Å². The van der Waals surface area contributed by atoms with Crippen LogP contribution in [0.3, 0.4) is 0 Å². The summed E-state index contributed by atoms with van der Waals surface area (Å²) in [6.07, 6.45) is -1.88. The van der Waals surface area contributed by atoms with Gasteiger partial charge in [0.2, 0.25) is 10.0 Å². The third kappa shape index (κ3) is 5.95. The van der Waals surface area contributed by atoms with Crippen molar-refractivity contribution in [1.29, 1.82) is 0 Å². The zero-order valence-electron chi connectivity index (χ0n) is 18.4. The number of alkyl halides is 3. The standard InChI is InChI=1S/C24H25F3N2O3S/c1-17-11-12-21(33(31,32)29-14-4-3-7-18(29)2)16-22(17)23(30)28-13-6-9-19-8-5-10-20(15-19)24(25,26)27/h5,8,10-12,15-16,18H,3-4,7,13-14H2,1-2H3,(H,28,30). The van der Waals surface area contributed by atoms with E-state index in [9.17, 15) is 26.4 Å². The minimum Gasteiger partial charge on any atom is -0.341 e. The van der Waals surface area contributed by atoms with Crippen LogP contribution in [-0.2, 0) is 16.2 Å². The van der Waals surface area contributed by atoms with E-state index in [1.54, 1.807) is 13.0 Å². The van der Waals surface area contributed by atoms with E-state index in [1.165, 1.54) is 28.6 Å². The fourth-order valence-corrected chi connectivity index (χ4v) is 5.44. The van der Waals surface area contributed by atoms with E-state index >= 15 is 0 Å². The monoisotopic (exact) mass is 478 g/mol. The minimum atomic E-state index is -4.46. The number of benzene rings is 2. The number of nitrogens with zero attached hydrogens (tertiary/aromatic N) is 1. The van der Waals surface area contributed by atoms with Crippen LogP contribution in [0.5, 0.6) is 0 Å². The molecular formula is C24H25F3N2O3S. The van der Waals surface area contributed by atoms with Crippen molar-refractivity contribution in [3.63, 3.8) is 0 Å². The fourth-order valence-electron chi connectivity index (χ4n) is 3.71. The number of hydrogen-bond donors (Lipinski definition) is 1. The molecule has 3 rings (SSSR count). The van der Waals surface area contributed by atoms with Gasteiger partial charge in [-0.3, -0.25) is 4.79 Å². The van der Waals surface area contributed by atoms with Crippen LogP contribution < -0.4 is 5.32 Å². The van der Waals surface area contributed by atoms with Crippen molar-refractivity contribution in [2.45, 2.75) is 50.2 Å². The van der Waals surface area contributed by atoms with Crippen LogP contribution in [0.1, 0.15) is 53.2 Å². The summed E-state index contributed by atoms with van der Waals surface area (Å²) in [6, 6.07) is 8.96. The van der Waals surface area contributed by atoms with E-state index in [4.69, 9.17) is 0 Å². The van der Waals surface area contributed by atoms with Gasteiger partial charge >= 0.3 is 6.18 Å². The molecule has 1 atom stereocenters. The van der Waals surface area contributed by atoms with Crippen molar-refractivity contribution in [3.8, 4) is 11.8 Å². The Kier molecular flexibility index (Phi) is 7.50. The highest BCUT2D eigenvalue weighted by molar-refractivity contribution is 7.89. The zero-order valence-corrected chi connectivity index (χ0v) is 19.2. The lowest BCUT2D eigenvalue weighted by atomic mass is 10.1. The summed E-state index contributed by atoms with van der Waals surface area (Å²) in [5.74, 6) is 4.72. The van der Waals surface area contributed by atoms with Crippen LogP contribution in [0.2, 0.25) is 0 Å². The summed E-state index contributed by atoms with van der Waals surface area (Å²) in [6.45, 7) is 3.92. The number of rotatable bonds is 4. The predicted molar refractivity (Wildman–Crippen MR) is 119 cm³/mol. The third-order valence-electron chi connectivity index (χ3n) is 5.56. The van der Waals surface area contributed by atoms with Gasteiger partial charge in [0, 0.05) is 23.7 Å². The molecule has 2 aromatic carbocycles. The van der Waals surface area contributed by atoms with E-state index in [1.807, 2.05) is 6.92 Å². The third-order valence-corrected chi connectivity index (χ3v) is 7.57. The van der Waals surface area contributed by atoms with E-state index < -0.39 is 27.7 Å². The molecule has 1 unspecified atom stereocenters. The molecule has 2 aromatic rings. The van der Waals surface area contributed by atoms with Gasteiger partial charge in [-0.25, -0.2) is 8.42 Å². The Balaban J connectivity index is 1.72. The van der Waals surface area contributed by atoms with E-state index in [-0.39, 0.29) is 28.6 Å². The molecular weight excluding hydrogens is 453 g/mol. The van der Waals surface area contributed by atoms with Crippen molar-refractivity contribution >= 4 is 15.9 Å². The Morgan fingerprint density at radius 2 is 1.94 bits per heavy atom. The topological polar surface area (TPSA) is 66.5 Å². The van der Waals surface area contributed by atoms with Crippen LogP contribution in [0.25, 0.3) is 0 Å². The van der Waals surface area contributed by atoms with Crippen LogP contribution in [0.4, 0.5) is 13.2 Å². The van der Waals surface area contributed by atoms with E-state index in [0.29, 0.717) is 12.1 Å². The summed E-state index contributed by atoms with van der Waals surface area (Å²) < 4.78 is 66.0. The van der Waals surface area contributed by atoms with Crippen molar-refractivity contribution in [1.82, 2.24) is 9.62 Å². The molecule has 0 bridgehead atoms. The second-order valence-electron chi connectivity index (χ2n) is 8.00. The molecule has 0 saturated carbocycles. The van der Waals surface area contributed by atoms with Crippen LogP contribution >= 0.6 is 0 Å². The zero-order chi connectivity index (χ0) is 24.2. The molecule has 1 amide bonds. The fraction of sp³-hybridized carbons (Fsp3) is 0.375. The molecule has 0 radical (unpaired) electrons. The number of carbonyl (C=O) groups excluding carboxylic acids is 1. The lowest BCUT2D eigenvalue weighted by Crippen LogP contribution is -2.42. The number of carbonyl (C=O) groups is 1. The molecule has 1 aliphatic rings. The molecule has 1 heterocycles. The molecule has 1 saturated heterocycles. The summed E-state index contributed by atoms with van der Waals surface area (Å²) >= 11 is 0. The Morgan fingerprint density at radius 3 is 2.64 bits per heavy atom. The van der Waals surface area contributed by atoms with Gasteiger partial charge in [-0.2, -0.15) is 17.5 Å². The Bertz CT molecular complexity index is 1200. The summed E-state index contributed by atoms with van der Waals surface area (Å²) in [7, 11) is -3.73. The quantitative estimate of drug-likeness (QED) is 0.665. The van der Waals surface area contributed by atoms with Gasteiger partial charge in [0.25, 0.3) is 5.91 Å². The van der Waals surface area contributed by atoms with Crippen LogP contribution in [0, 0.1) is 18.8 Å².